The van der Waals surface area contributed by atoms with Gasteiger partial charge < -0.3 is 20.8 Å². The summed E-state index contributed by atoms with van der Waals surface area (Å²) < 4.78 is 4.76. The van der Waals surface area contributed by atoms with Crippen LogP contribution in [0.1, 0.15) is 40.1 Å². The normalized spacial score (nSPS) is 11.2. The lowest BCUT2D eigenvalue weighted by Crippen LogP contribution is -2.41. The zero-order chi connectivity index (χ0) is 21.1. The number of nitrogens with one attached hydrogen (secondary N) is 3. The Bertz CT molecular complexity index is 813. The van der Waals surface area contributed by atoms with Gasteiger partial charge in [0.25, 0.3) is 11.8 Å². The van der Waals surface area contributed by atoms with Crippen molar-refractivity contribution in [3.05, 3.63) is 54.0 Å². The van der Waals surface area contributed by atoms with Crippen LogP contribution in [-0.2, 0) is 9.53 Å². The molecule has 0 aliphatic rings. The van der Waals surface area contributed by atoms with E-state index in [-0.39, 0.29) is 5.91 Å². The van der Waals surface area contributed by atoms with Crippen LogP contribution in [0.4, 0.5) is 5.82 Å². The first-order valence-corrected chi connectivity index (χ1v) is 9.05. The van der Waals surface area contributed by atoms with E-state index in [2.05, 4.69) is 26.0 Å². The lowest BCUT2D eigenvalue weighted by molar-refractivity contribution is -0.143. The predicted molar refractivity (Wildman–Crippen MR) is 106 cm³/mol. The number of methoxy groups -OCH3 is 1. The summed E-state index contributed by atoms with van der Waals surface area (Å²) in [6.07, 6.45) is 4.49. The van der Waals surface area contributed by atoms with Gasteiger partial charge in [-0.15, -0.1) is 0 Å². The van der Waals surface area contributed by atoms with Gasteiger partial charge in [-0.1, -0.05) is 6.07 Å². The van der Waals surface area contributed by atoms with Crippen LogP contribution in [-0.4, -0.2) is 47.4 Å². The maximum Gasteiger partial charge on any atom is 0.328 e. The number of esters is 1. The number of anilines is 1. The lowest BCUT2D eigenvalue weighted by Gasteiger charge is -2.16. The molecule has 1 unspecified atom stereocenters. The number of ether oxygens (including phenoxy) is 1. The van der Waals surface area contributed by atoms with Gasteiger partial charge in [-0.2, -0.15) is 0 Å². The Hall–Kier alpha value is -3.53. The van der Waals surface area contributed by atoms with Gasteiger partial charge in [0.05, 0.1) is 12.7 Å². The number of aromatic nitrogens is 2. The minimum absolute atomic E-state index is 0.258. The highest BCUT2D eigenvalue weighted by Crippen LogP contribution is 2.07. The number of unbranched alkanes of at least 4 members (excludes halogenated alkanes) is 1. The molecule has 0 aliphatic carbocycles. The zero-order valence-corrected chi connectivity index (χ0v) is 16.1. The van der Waals surface area contributed by atoms with E-state index in [0.717, 1.165) is 0 Å². The van der Waals surface area contributed by atoms with E-state index < -0.39 is 17.9 Å². The van der Waals surface area contributed by atoms with E-state index in [9.17, 15) is 14.4 Å². The molecule has 2 aromatic heterocycles. The second-order valence-electron chi connectivity index (χ2n) is 6.09. The van der Waals surface area contributed by atoms with E-state index in [0.29, 0.717) is 42.9 Å². The molecule has 0 radical (unpaired) electrons. The van der Waals surface area contributed by atoms with Crippen LogP contribution >= 0.6 is 0 Å². The zero-order valence-electron chi connectivity index (χ0n) is 16.1. The van der Waals surface area contributed by atoms with E-state index in [1.807, 2.05) is 0 Å². The van der Waals surface area contributed by atoms with Crippen LogP contribution in [0.2, 0.25) is 0 Å². The topological polar surface area (TPSA) is 148 Å². The fraction of sp³-hybridized carbons (Fsp3) is 0.316. The average molecular weight is 400 g/mol. The number of nitrogens with two attached hydrogens (primary N) is 1. The molecule has 29 heavy (non-hydrogen) atoms. The summed E-state index contributed by atoms with van der Waals surface area (Å²) in [5.74, 6) is 4.42. The van der Waals surface area contributed by atoms with Crippen molar-refractivity contribution >= 4 is 23.6 Å². The molecule has 2 heterocycles. The maximum absolute atomic E-state index is 12.3. The number of nitrogen functional groups attached to an aromatic ring is 1. The van der Waals surface area contributed by atoms with Gasteiger partial charge in [0.2, 0.25) is 0 Å². The minimum Gasteiger partial charge on any atom is -0.467 e. The monoisotopic (exact) mass is 400 g/mol. The first kappa shape index (κ1) is 21.8. The van der Waals surface area contributed by atoms with Gasteiger partial charge in [0, 0.05) is 18.9 Å². The third-order valence-electron chi connectivity index (χ3n) is 4.07. The fourth-order valence-electron chi connectivity index (χ4n) is 2.51. The molecule has 2 amide bonds. The van der Waals surface area contributed by atoms with E-state index in [1.165, 1.54) is 13.3 Å². The molecule has 0 aliphatic heterocycles. The van der Waals surface area contributed by atoms with E-state index in [1.54, 1.807) is 36.5 Å². The number of amides is 2. The van der Waals surface area contributed by atoms with Crippen LogP contribution in [0.25, 0.3) is 0 Å². The number of pyridine rings is 2. The Morgan fingerprint density at radius 2 is 1.93 bits per heavy atom. The molecule has 154 valence electrons. The van der Waals surface area contributed by atoms with Crippen molar-refractivity contribution in [3.63, 3.8) is 0 Å². The standard InChI is InChI=1S/C19H24N6O4/c1-29-19(28)15(24-17(26)13-8-9-16(25-20)23-12-13)7-3-5-11-22-18(27)14-6-2-4-10-21-14/h2,4,6,8-10,12,15H,3,5,7,11,20H2,1H3,(H,22,27)(H,23,25)(H,24,26). The molecular formula is C19H24N6O4. The number of rotatable bonds is 10. The van der Waals surface area contributed by atoms with Crippen molar-refractivity contribution in [1.82, 2.24) is 20.6 Å². The number of carbonyl (C=O) groups excluding carboxylic acids is 3. The van der Waals surface area contributed by atoms with Gasteiger partial charge in [-0.05, 0) is 43.5 Å². The highest BCUT2D eigenvalue weighted by atomic mass is 16.5. The SMILES string of the molecule is COC(=O)C(CCCCNC(=O)c1ccccn1)NC(=O)c1ccc(NN)nc1. The molecule has 10 nitrogen and oxygen atoms in total. The molecule has 10 heteroatoms. The fourth-order valence-corrected chi connectivity index (χ4v) is 2.51. The largest absolute Gasteiger partial charge is 0.467 e. The van der Waals surface area contributed by atoms with Crippen LogP contribution in [0.5, 0.6) is 0 Å². The number of hydrogen-bond acceptors (Lipinski definition) is 8. The smallest absolute Gasteiger partial charge is 0.328 e. The maximum atomic E-state index is 12.3. The van der Waals surface area contributed by atoms with Gasteiger partial charge in [0.1, 0.15) is 17.6 Å². The van der Waals surface area contributed by atoms with Gasteiger partial charge in [-0.3, -0.25) is 14.6 Å². The molecule has 0 bridgehead atoms. The van der Waals surface area contributed by atoms with E-state index >= 15 is 0 Å². The van der Waals surface area contributed by atoms with Crippen LogP contribution in [0.3, 0.4) is 0 Å². The molecule has 0 saturated heterocycles. The summed E-state index contributed by atoms with van der Waals surface area (Å²) in [7, 11) is 1.26. The van der Waals surface area contributed by atoms with Gasteiger partial charge in [-0.25, -0.2) is 15.6 Å². The second-order valence-corrected chi connectivity index (χ2v) is 6.09. The summed E-state index contributed by atoms with van der Waals surface area (Å²) in [5, 5.41) is 5.41. The number of hydrogen-bond donors (Lipinski definition) is 4. The lowest BCUT2D eigenvalue weighted by atomic mass is 10.1. The Kier molecular flexibility index (Phi) is 8.51. The molecule has 0 spiro atoms. The Morgan fingerprint density at radius 1 is 1.10 bits per heavy atom. The van der Waals surface area contributed by atoms with Gasteiger partial charge in [0.15, 0.2) is 0 Å². The minimum atomic E-state index is -0.800. The van der Waals surface area contributed by atoms with Crippen molar-refractivity contribution in [2.24, 2.45) is 5.84 Å². The van der Waals surface area contributed by atoms with E-state index in [4.69, 9.17) is 10.6 Å². The van der Waals surface area contributed by atoms with Crippen molar-refractivity contribution in [3.8, 4) is 0 Å². The predicted octanol–water partition coefficient (Wildman–Crippen LogP) is 0.634. The summed E-state index contributed by atoms with van der Waals surface area (Å²) in [4.78, 5) is 44.2. The Labute approximate surface area is 168 Å². The van der Waals surface area contributed by atoms with Crippen molar-refractivity contribution in [1.29, 1.82) is 0 Å². The third-order valence-corrected chi connectivity index (χ3v) is 4.07. The number of nitrogens with zero attached hydrogens (tertiary/aromatic N) is 2. The van der Waals surface area contributed by atoms with Crippen LogP contribution in [0, 0.1) is 0 Å². The first-order valence-electron chi connectivity index (χ1n) is 9.05. The molecule has 2 aromatic rings. The molecule has 0 fully saturated rings. The number of hydrazine groups is 1. The quantitative estimate of drug-likeness (QED) is 0.196. The molecular weight excluding hydrogens is 376 g/mol. The summed E-state index contributed by atoms with van der Waals surface area (Å²) >= 11 is 0. The van der Waals surface area contributed by atoms with Crippen molar-refractivity contribution in [2.45, 2.75) is 25.3 Å². The number of carbonyl (C=O) groups is 3. The molecule has 0 saturated carbocycles. The third kappa shape index (κ3) is 6.85. The summed E-state index contributed by atoms with van der Waals surface area (Å²) in [5.41, 5.74) is 3.00. The highest BCUT2D eigenvalue weighted by molar-refractivity contribution is 5.96. The molecule has 5 N–H and O–H groups in total. The molecule has 1 atom stereocenters. The Balaban J connectivity index is 1.80. The highest BCUT2D eigenvalue weighted by Gasteiger charge is 2.22. The summed E-state index contributed by atoms with van der Waals surface area (Å²) in [6.45, 7) is 0.425. The molecule has 0 aromatic carbocycles. The second kappa shape index (κ2) is 11.3. The average Bonchev–Trinajstić information content (AvgIpc) is 2.77. The van der Waals surface area contributed by atoms with Crippen molar-refractivity contribution in [2.75, 3.05) is 19.1 Å². The Morgan fingerprint density at radius 3 is 2.55 bits per heavy atom. The van der Waals surface area contributed by atoms with Gasteiger partial charge >= 0.3 is 5.97 Å². The molecule has 2 rings (SSSR count). The van der Waals surface area contributed by atoms with Crippen LogP contribution < -0.4 is 21.9 Å². The van der Waals surface area contributed by atoms with Crippen molar-refractivity contribution < 1.29 is 19.1 Å². The first-order chi connectivity index (χ1) is 14.0. The summed E-state index contributed by atoms with van der Waals surface area (Å²) in [6, 6.07) is 7.39. The van der Waals surface area contributed by atoms with Crippen LogP contribution in [0.15, 0.2) is 42.7 Å².